The van der Waals surface area contributed by atoms with Crippen LogP contribution in [0.3, 0.4) is 0 Å². The van der Waals surface area contributed by atoms with Crippen molar-refractivity contribution in [2.75, 3.05) is 12.4 Å². The van der Waals surface area contributed by atoms with Crippen molar-refractivity contribution in [3.05, 3.63) is 41.0 Å². The third kappa shape index (κ3) is 2.25. The zero-order valence-electron chi connectivity index (χ0n) is 10.7. The minimum atomic E-state index is -1.51. The van der Waals surface area contributed by atoms with Gasteiger partial charge in [0.2, 0.25) is 0 Å². The third-order valence-electron chi connectivity index (χ3n) is 2.83. The van der Waals surface area contributed by atoms with E-state index in [1.807, 2.05) is 0 Å². The number of anilines is 1. The fourth-order valence-electron chi connectivity index (χ4n) is 1.67. The molecule has 6 heteroatoms. The molecule has 1 N–H and O–H groups in total. The van der Waals surface area contributed by atoms with Crippen LogP contribution in [0.4, 0.5) is 19.0 Å². The number of rotatable bonds is 2. The summed E-state index contributed by atoms with van der Waals surface area (Å²) >= 11 is 0. The maximum absolute atomic E-state index is 13.8. The minimum absolute atomic E-state index is 0.126. The highest BCUT2D eigenvalue weighted by Gasteiger charge is 2.19. The van der Waals surface area contributed by atoms with E-state index in [9.17, 15) is 13.2 Å². The second-order valence-corrected chi connectivity index (χ2v) is 4.06. The summed E-state index contributed by atoms with van der Waals surface area (Å²) in [5, 5.41) is 2.77. The number of halogens is 3. The third-order valence-corrected chi connectivity index (χ3v) is 2.83. The van der Waals surface area contributed by atoms with Crippen LogP contribution in [0.5, 0.6) is 0 Å². The van der Waals surface area contributed by atoms with Crippen LogP contribution in [0.1, 0.15) is 11.4 Å². The molecule has 0 bridgehead atoms. The SMILES string of the molecule is CNc1nc(C)c(C)nc1-c1ccc(F)c(F)c1F. The molecule has 0 amide bonds. The Morgan fingerprint density at radius 1 is 0.947 bits per heavy atom. The van der Waals surface area contributed by atoms with Crippen molar-refractivity contribution in [2.24, 2.45) is 0 Å². The Kier molecular flexibility index (Phi) is 3.42. The second-order valence-electron chi connectivity index (χ2n) is 4.06. The number of benzene rings is 1. The Labute approximate surface area is 108 Å². The van der Waals surface area contributed by atoms with E-state index >= 15 is 0 Å². The van der Waals surface area contributed by atoms with Gasteiger partial charge in [-0.3, -0.25) is 0 Å². The molecule has 0 saturated carbocycles. The van der Waals surface area contributed by atoms with Crippen molar-refractivity contribution < 1.29 is 13.2 Å². The summed E-state index contributed by atoms with van der Waals surface area (Å²) in [5.74, 6) is -3.70. The molecule has 0 spiro atoms. The van der Waals surface area contributed by atoms with Gasteiger partial charge in [0.1, 0.15) is 5.69 Å². The van der Waals surface area contributed by atoms with Gasteiger partial charge in [-0.1, -0.05) is 0 Å². The lowest BCUT2D eigenvalue weighted by Gasteiger charge is -2.11. The molecule has 0 aliphatic heterocycles. The van der Waals surface area contributed by atoms with Crippen LogP contribution in [0, 0.1) is 31.3 Å². The molecular formula is C13H12F3N3. The van der Waals surface area contributed by atoms with Gasteiger partial charge < -0.3 is 5.32 Å². The predicted molar refractivity (Wildman–Crippen MR) is 66.4 cm³/mol. The highest BCUT2D eigenvalue weighted by atomic mass is 19.2. The van der Waals surface area contributed by atoms with Gasteiger partial charge in [-0.25, -0.2) is 23.1 Å². The van der Waals surface area contributed by atoms with Crippen molar-refractivity contribution >= 4 is 5.82 Å². The lowest BCUT2D eigenvalue weighted by atomic mass is 10.1. The molecule has 0 unspecified atom stereocenters. The van der Waals surface area contributed by atoms with E-state index in [2.05, 4.69) is 15.3 Å². The summed E-state index contributed by atoms with van der Waals surface area (Å²) < 4.78 is 40.0. The van der Waals surface area contributed by atoms with Gasteiger partial charge >= 0.3 is 0 Å². The van der Waals surface area contributed by atoms with E-state index in [0.717, 1.165) is 12.1 Å². The first kappa shape index (κ1) is 13.3. The number of nitrogens with one attached hydrogen (secondary N) is 1. The fraction of sp³-hybridized carbons (Fsp3) is 0.231. The normalized spacial score (nSPS) is 10.6. The Balaban J connectivity index is 2.72. The second kappa shape index (κ2) is 4.87. The summed E-state index contributed by atoms with van der Waals surface area (Å²) in [6.07, 6.45) is 0. The average molecular weight is 267 g/mol. The Morgan fingerprint density at radius 3 is 2.21 bits per heavy atom. The molecule has 0 radical (unpaired) electrons. The van der Waals surface area contributed by atoms with Gasteiger partial charge in [-0.2, -0.15) is 0 Å². The van der Waals surface area contributed by atoms with Crippen LogP contribution in [-0.2, 0) is 0 Å². The molecule has 0 saturated heterocycles. The maximum atomic E-state index is 13.8. The van der Waals surface area contributed by atoms with Crippen LogP contribution in [-0.4, -0.2) is 17.0 Å². The largest absolute Gasteiger partial charge is 0.371 e. The van der Waals surface area contributed by atoms with Gasteiger partial charge in [0.15, 0.2) is 23.3 Å². The maximum Gasteiger partial charge on any atom is 0.195 e. The summed E-state index contributed by atoms with van der Waals surface area (Å²) in [4.78, 5) is 8.40. The highest BCUT2D eigenvalue weighted by Crippen LogP contribution is 2.29. The fourth-order valence-corrected chi connectivity index (χ4v) is 1.67. The van der Waals surface area contributed by atoms with Crippen molar-refractivity contribution in [1.29, 1.82) is 0 Å². The molecule has 2 rings (SSSR count). The van der Waals surface area contributed by atoms with E-state index in [1.54, 1.807) is 20.9 Å². The number of aryl methyl sites for hydroxylation is 2. The topological polar surface area (TPSA) is 37.8 Å². The van der Waals surface area contributed by atoms with E-state index in [0.29, 0.717) is 17.2 Å². The van der Waals surface area contributed by atoms with Crippen LogP contribution in [0.25, 0.3) is 11.3 Å². The van der Waals surface area contributed by atoms with Crippen LogP contribution >= 0.6 is 0 Å². The van der Waals surface area contributed by atoms with Crippen LogP contribution in [0.2, 0.25) is 0 Å². The number of hydrogen-bond acceptors (Lipinski definition) is 3. The summed E-state index contributed by atoms with van der Waals surface area (Å²) in [7, 11) is 1.60. The van der Waals surface area contributed by atoms with E-state index in [1.165, 1.54) is 0 Å². The van der Waals surface area contributed by atoms with Crippen molar-refractivity contribution in [3.8, 4) is 11.3 Å². The van der Waals surface area contributed by atoms with Crippen LogP contribution < -0.4 is 5.32 Å². The molecule has 0 atom stereocenters. The summed E-state index contributed by atoms with van der Waals surface area (Å²) in [6, 6.07) is 2.01. The van der Waals surface area contributed by atoms with Gasteiger partial charge in [0.05, 0.1) is 11.4 Å². The number of nitrogens with zero attached hydrogens (tertiary/aromatic N) is 2. The standard InChI is InChI=1S/C13H12F3N3/c1-6-7(2)19-13(17-3)12(18-6)8-4-5-9(14)11(16)10(8)15/h4-5H,1-3H3,(H,17,19). The molecule has 0 aliphatic rings. The molecule has 1 aromatic heterocycles. The number of aromatic nitrogens is 2. The van der Waals surface area contributed by atoms with E-state index in [-0.39, 0.29) is 11.3 Å². The van der Waals surface area contributed by atoms with Crippen LogP contribution in [0.15, 0.2) is 12.1 Å². The Morgan fingerprint density at radius 2 is 1.58 bits per heavy atom. The zero-order chi connectivity index (χ0) is 14.2. The molecule has 1 heterocycles. The van der Waals surface area contributed by atoms with Crippen molar-refractivity contribution in [1.82, 2.24) is 9.97 Å². The highest BCUT2D eigenvalue weighted by molar-refractivity contribution is 5.72. The predicted octanol–water partition coefficient (Wildman–Crippen LogP) is 3.22. The Bertz CT molecular complexity index is 642. The monoisotopic (exact) mass is 267 g/mol. The first-order valence-corrected chi connectivity index (χ1v) is 5.62. The molecule has 0 aliphatic carbocycles. The lowest BCUT2D eigenvalue weighted by molar-refractivity contribution is 0.449. The molecule has 2 aromatic rings. The molecular weight excluding hydrogens is 255 g/mol. The lowest BCUT2D eigenvalue weighted by Crippen LogP contribution is -2.05. The smallest absolute Gasteiger partial charge is 0.195 e. The van der Waals surface area contributed by atoms with E-state index in [4.69, 9.17) is 0 Å². The molecule has 1 aromatic carbocycles. The number of hydrogen-bond donors (Lipinski definition) is 1. The Hall–Kier alpha value is -2.11. The first-order valence-electron chi connectivity index (χ1n) is 5.62. The molecule has 19 heavy (non-hydrogen) atoms. The van der Waals surface area contributed by atoms with Crippen molar-refractivity contribution in [3.63, 3.8) is 0 Å². The zero-order valence-corrected chi connectivity index (χ0v) is 10.7. The molecule has 100 valence electrons. The van der Waals surface area contributed by atoms with Gasteiger partial charge in [-0.05, 0) is 26.0 Å². The summed E-state index contributed by atoms with van der Waals surface area (Å²) in [6.45, 7) is 3.47. The summed E-state index contributed by atoms with van der Waals surface area (Å²) in [5.41, 5.74) is 1.30. The van der Waals surface area contributed by atoms with Gasteiger partial charge in [0, 0.05) is 12.6 Å². The van der Waals surface area contributed by atoms with Crippen molar-refractivity contribution in [2.45, 2.75) is 13.8 Å². The quantitative estimate of drug-likeness (QED) is 0.849. The molecule has 0 fully saturated rings. The molecule has 3 nitrogen and oxygen atoms in total. The first-order chi connectivity index (χ1) is 8.95. The average Bonchev–Trinajstić information content (AvgIpc) is 2.39. The van der Waals surface area contributed by atoms with Gasteiger partial charge in [0.25, 0.3) is 0 Å². The van der Waals surface area contributed by atoms with E-state index < -0.39 is 17.5 Å². The minimum Gasteiger partial charge on any atom is -0.371 e. The van der Waals surface area contributed by atoms with Gasteiger partial charge in [-0.15, -0.1) is 0 Å².